The van der Waals surface area contributed by atoms with Gasteiger partial charge in [0.25, 0.3) is 5.91 Å². The molecule has 0 saturated heterocycles. The van der Waals surface area contributed by atoms with E-state index in [2.05, 4.69) is 15.2 Å². The lowest BCUT2D eigenvalue weighted by Gasteiger charge is -2.08. The summed E-state index contributed by atoms with van der Waals surface area (Å²) in [6, 6.07) is 11.6. The van der Waals surface area contributed by atoms with Crippen LogP contribution in [0.3, 0.4) is 0 Å². The van der Waals surface area contributed by atoms with E-state index in [1.165, 1.54) is 18.3 Å². The number of carbonyl (C=O) groups is 1. The number of aryl methyl sites for hydroxylation is 2. The highest BCUT2D eigenvalue weighted by molar-refractivity contribution is 5.92. The zero-order valence-corrected chi connectivity index (χ0v) is 13.8. The number of hydrogen-bond acceptors (Lipinski definition) is 4. The fraction of sp³-hybridized carbons (Fsp3) is 0.222. The minimum atomic E-state index is -2.86. The molecule has 2 aromatic rings. The second-order valence-electron chi connectivity index (χ2n) is 5.32. The van der Waals surface area contributed by atoms with Crippen molar-refractivity contribution in [2.75, 3.05) is 11.9 Å². The van der Waals surface area contributed by atoms with Gasteiger partial charge in [-0.05, 0) is 55.3 Å². The van der Waals surface area contributed by atoms with Gasteiger partial charge >= 0.3 is 6.61 Å². The zero-order valence-electron chi connectivity index (χ0n) is 13.8. The fourth-order valence-corrected chi connectivity index (χ4v) is 2.07. The second kappa shape index (κ2) is 8.77. The number of hydrogen-bond donors (Lipinski definition) is 1. The van der Waals surface area contributed by atoms with Crippen LogP contribution < -0.4 is 10.1 Å². The Hall–Kier alpha value is -2.96. The Morgan fingerprint density at radius 3 is 2.56 bits per heavy atom. The van der Waals surface area contributed by atoms with E-state index in [4.69, 9.17) is 4.84 Å². The fourth-order valence-electron chi connectivity index (χ4n) is 2.07. The highest BCUT2D eigenvalue weighted by atomic mass is 19.3. The molecular weight excluding hydrogens is 330 g/mol. The van der Waals surface area contributed by atoms with Gasteiger partial charge in [0.2, 0.25) is 0 Å². The van der Waals surface area contributed by atoms with E-state index < -0.39 is 6.61 Å². The third-order valence-electron chi connectivity index (χ3n) is 3.23. The number of benzene rings is 2. The van der Waals surface area contributed by atoms with Crippen molar-refractivity contribution in [1.29, 1.82) is 0 Å². The summed E-state index contributed by atoms with van der Waals surface area (Å²) in [7, 11) is 0. The first-order valence-corrected chi connectivity index (χ1v) is 7.51. The number of halogens is 2. The lowest BCUT2D eigenvalue weighted by Crippen LogP contribution is -2.17. The topological polar surface area (TPSA) is 59.9 Å². The van der Waals surface area contributed by atoms with Crippen molar-refractivity contribution in [3.63, 3.8) is 0 Å². The van der Waals surface area contributed by atoms with Crippen LogP contribution in [-0.4, -0.2) is 25.3 Å². The summed E-state index contributed by atoms with van der Waals surface area (Å²) in [6.45, 7) is 0.778. The van der Waals surface area contributed by atoms with Gasteiger partial charge in [-0.3, -0.25) is 4.79 Å². The van der Waals surface area contributed by atoms with E-state index in [0.29, 0.717) is 5.56 Å². The van der Waals surface area contributed by atoms with Crippen molar-refractivity contribution in [3.05, 3.63) is 59.2 Å². The highest BCUT2D eigenvalue weighted by Crippen LogP contribution is 2.16. The van der Waals surface area contributed by atoms with Gasteiger partial charge in [-0.15, -0.1) is 0 Å². The van der Waals surface area contributed by atoms with Crippen LogP contribution in [0.2, 0.25) is 0 Å². The average molecular weight is 348 g/mol. The van der Waals surface area contributed by atoms with Crippen LogP contribution in [0.15, 0.2) is 47.6 Å². The lowest BCUT2D eigenvalue weighted by molar-refractivity contribution is -0.120. The van der Waals surface area contributed by atoms with Gasteiger partial charge in [0.1, 0.15) is 5.75 Å². The lowest BCUT2D eigenvalue weighted by atomic mass is 10.1. The predicted molar refractivity (Wildman–Crippen MR) is 91.2 cm³/mol. The van der Waals surface area contributed by atoms with Crippen LogP contribution >= 0.6 is 0 Å². The maximum absolute atomic E-state index is 12.0. The van der Waals surface area contributed by atoms with Gasteiger partial charge in [-0.2, -0.15) is 8.78 Å². The highest BCUT2D eigenvalue weighted by Gasteiger charge is 2.05. The SMILES string of the molecule is Cc1ccc(NC(=O)CO/N=C/c2ccc(OC(F)F)cc2)c(C)c1. The van der Waals surface area contributed by atoms with Gasteiger partial charge in [-0.1, -0.05) is 22.9 Å². The number of carbonyl (C=O) groups excluding carboxylic acids is 1. The molecule has 132 valence electrons. The molecule has 0 heterocycles. The number of rotatable bonds is 7. The van der Waals surface area contributed by atoms with Crippen molar-refractivity contribution in [2.24, 2.45) is 5.16 Å². The Morgan fingerprint density at radius 2 is 1.92 bits per heavy atom. The average Bonchev–Trinajstić information content (AvgIpc) is 2.55. The van der Waals surface area contributed by atoms with E-state index in [-0.39, 0.29) is 18.3 Å². The number of anilines is 1. The van der Waals surface area contributed by atoms with Gasteiger partial charge in [0.15, 0.2) is 6.61 Å². The Balaban J connectivity index is 1.79. The molecule has 0 aliphatic heterocycles. The summed E-state index contributed by atoms with van der Waals surface area (Å²) >= 11 is 0. The smallest absolute Gasteiger partial charge is 0.387 e. The maximum Gasteiger partial charge on any atom is 0.387 e. The first-order valence-electron chi connectivity index (χ1n) is 7.51. The van der Waals surface area contributed by atoms with Crippen molar-refractivity contribution in [2.45, 2.75) is 20.5 Å². The minimum Gasteiger partial charge on any atom is -0.435 e. The molecule has 0 saturated carbocycles. The Kier molecular flexibility index (Phi) is 6.45. The van der Waals surface area contributed by atoms with Crippen molar-refractivity contribution in [1.82, 2.24) is 0 Å². The number of amides is 1. The van der Waals surface area contributed by atoms with Crippen LogP contribution in [0.5, 0.6) is 5.75 Å². The van der Waals surface area contributed by atoms with Crippen molar-refractivity contribution < 1.29 is 23.1 Å². The van der Waals surface area contributed by atoms with Crippen LogP contribution in [0.1, 0.15) is 16.7 Å². The molecule has 0 unspecified atom stereocenters. The minimum absolute atomic E-state index is 0.0564. The molecule has 0 atom stereocenters. The van der Waals surface area contributed by atoms with Gasteiger partial charge in [0, 0.05) is 5.69 Å². The molecule has 1 N–H and O–H groups in total. The molecule has 0 aromatic heterocycles. The van der Waals surface area contributed by atoms with E-state index in [1.807, 2.05) is 32.0 Å². The molecule has 0 radical (unpaired) electrons. The summed E-state index contributed by atoms with van der Waals surface area (Å²) in [6.07, 6.45) is 1.37. The van der Waals surface area contributed by atoms with Crippen LogP contribution in [-0.2, 0) is 9.63 Å². The quantitative estimate of drug-likeness (QED) is 0.610. The molecule has 25 heavy (non-hydrogen) atoms. The normalized spacial score (nSPS) is 10.9. The van der Waals surface area contributed by atoms with Gasteiger partial charge < -0.3 is 14.9 Å². The molecule has 0 aliphatic carbocycles. The molecule has 2 rings (SSSR count). The van der Waals surface area contributed by atoms with Crippen LogP contribution in [0.4, 0.5) is 14.5 Å². The zero-order chi connectivity index (χ0) is 18.2. The summed E-state index contributed by atoms with van der Waals surface area (Å²) in [5.41, 5.74) is 3.42. The molecule has 0 aliphatic rings. The largest absolute Gasteiger partial charge is 0.435 e. The Bertz CT molecular complexity index is 746. The molecule has 7 heteroatoms. The molecule has 5 nitrogen and oxygen atoms in total. The van der Waals surface area contributed by atoms with E-state index in [1.54, 1.807) is 12.1 Å². The van der Waals surface area contributed by atoms with Crippen molar-refractivity contribution >= 4 is 17.8 Å². The predicted octanol–water partition coefficient (Wildman–Crippen LogP) is 3.89. The molecule has 0 spiro atoms. The number of alkyl halides is 2. The maximum atomic E-state index is 12.0. The first-order chi connectivity index (χ1) is 11.9. The summed E-state index contributed by atoms with van der Waals surface area (Å²) in [5, 5.41) is 6.41. The summed E-state index contributed by atoms with van der Waals surface area (Å²) in [5.74, 6) is -0.273. The monoisotopic (exact) mass is 348 g/mol. The molecule has 0 bridgehead atoms. The number of nitrogens with zero attached hydrogens (tertiary/aromatic N) is 1. The molecular formula is C18H18F2N2O3. The number of oxime groups is 1. The summed E-state index contributed by atoms with van der Waals surface area (Å²) in [4.78, 5) is 16.7. The third kappa shape index (κ3) is 6.21. The molecule has 0 fully saturated rings. The molecule has 2 aromatic carbocycles. The van der Waals surface area contributed by atoms with Gasteiger partial charge in [0.05, 0.1) is 6.21 Å². The molecule has 1 amide bonds. The Morgan fingerprint density at radius 1 is 1.20 bits per heavy atom. The van der Waals surface area contributed by atoms with E-state index in [9.17, 15) is 13.6 Å². The van der Waals surface area contributed by atoms with Gasteiger partial charge in [-0.25, -0.2) is 0 Å². The third-order valence-corrected chi connectivity index (χ3v) is 3.23. The summed E-state index contributed by atoms with van der Waals surface area (Å²) < 4.78 is 28.3. The second-order valence-corrected chi connectivity index (χ2v) is 5.32. The first kappa shape index (κ1) is 18.4. The Labute approximate surface area is 144 Å². The van der Waals surface area contributed by atoms with E-state index in [0.717, 1.165) is 16.8 Å². The number of nitrogens with one attached hydrogen (secondary N) is 1. The van der Waals surface area contributed by atoms with Crippen LogP contribution in [0.25, 0.3) is 0 Å². The van der Waals surface area contributed by atoms with E-state index >= 15 is 0 Å². The standard InChI is InChI=1S/C18H18F2N2O3/c1-12-3-8-16(13(2)9-12)22-17(23)11-24-21-10-14-4-6-15(7-5-14)25-18(19)20/h3-10,18H,11H2,1-2H3,(H,22,23)/b21-10+. The van der Waals surface area contributed by atoms with Crippen molar-refractivity contribution in [3.8, 4) is 5.75 Å². The number of ether oxygens (including phenoxy) is 1. The van der Waals surface area contributed by atoms with Crippen LogP contribution in [0, 0.1) is 13.8 Å².